The maximum atomic E-state index is 7.23. The van der Waals surface area contributed by atoms with Gasteiger partial charge in [0, 0.05) is 37.0 Å². The summed E-state index contributed by atoms with van der Waals surface area (Å²) in [4.78, 5) is 9.30. The van der Waals surface area contributed by atoms with Crippen LogP contribution in [0.4, 0.5) is 0 Å². The summed E-state index contributed by atoms with van der Waals surface area (Å²) >= 11 is 1.70. The molecule has 1 radical (unpaired) electrons. The first-order valence-corrected chi connectivity index (χ1v) is 17.7. The van der Waals surface area contributed by atoms with Crippen LogP contribution in [0.1, 0.15) is 85.3 Å². The first-order valence-electron chi connectivity index (χ1n) is 18.3. The van der Waals surface area contributed by atoms with Crippen molar-refractivity contribution in [1.82, 2.24) is 14.5 Å². The van der Waals surface area contributed by atoms with E-state index in [1.165, 1.54) is 44.1 Å². The number of hydrogen-bond donors (Lipinski definition) is 0. The van der Waals surface area contributed by atoms with Crippen molar-refractivity contribution in [2.24, 2.45) is 5.92 Å². The normalized spacial score (nSPS) is 12.5. The van der Waals surface area contributed by atoms with Gasteiger partial charge in [0.1, 0.15) is 0 Å². The minimum absolute atomic E-state index is 0. The van der Waals surface area contributed by atoms with Gasteiger partial charge >= 0.3 is 0 Å². The number of aromatic nitrogens is 3. The number of aryl methyl sites for hydroxylation is 1. The summed E-state index contributed by atoms with van der Waals surface area (Å²) < 4.78 is 25.4. The van der Waals surface area contributed by atoms with Crippen molar-refractivity contribution in [3.63, 3.8) is 0 Å². The van der Waals surface area contributed by atoms with Crippen molar-refractivity contribution in [2.75, 3.05) is 0 Å². The summed E-state index contributed by atoms with van der Waals surface area (Å²) in [5, 5.41) is 4.90. The fourth-order valence-corrected chi connectivity index (χ4v) is 7.19. The van der Waals surface area contributed by atoms with Crippen LogP contribution in [0.3, 0.4) is 0 Å². The predicted octanol–water partition coefficient (Wildman–Crippen LogP) is 12.1. The van der Waals surface area contributed by atoms with E-state index in [4.69, 9.17) is 9.10 Å². The number of nitrogens with zero attached hydrogens (tertiary/aromatic N) is 3. The van der Waals surface area contributed by atoms with Crippen molar-refractivity contribution in [3.8, 4) is 22.6 Å². The summed E-state index contributed by atoms with van der Waals surface area (Å²) in [7, 11) is 0. The van der Waals surface area contributed by atoms with Gasteiger partial charge in [0.25, 0.3) is 0 Å². The van der Waals surface area contributed by atoms with Crippen molar-refractivity contribution < 1.29 is 24.2 Å². The molecule has 7 rings (SSSR count). The van der Waals surface area contributed by atoms with Crippen LogP contribution in [0.15, 0.2) is 103 Å². The Hall–Kier alpha value is -3.89. The van der Waals surface area contributed by atoms with Gasteiger partial charge < -0.3 is 9.55 Å². The third-order valence-electron chi connectivity index (χ3n) is 8.66. The van der Waals surface area contributed by atoms with Crippen LogP contribution in [0.2, 0.25) is 0 Å². The van der Waals surface area contributed by atoms with Crippen LogP contribution >= 0.6 is 11.3 Å². The Bertz CT molecular complexity index is 2210. The van der Waals surface area contributed by atoms with Crippen LogP contribution < -0.4 is 0 Å². The van der Waals surface area contributed by atoms with Gasteiger partial charge in [0.2, 0.25) is 0 Å². The Kier molecular flexibility index (Phi) is 10.7. The van der Waals surface area contributed by atoms with E-state index >= 15 is 0 Å². The average Bonchev–Trinajstić information content (AvgIpc) is 3.69. The third-order valence-corrected chi connectivity index (χ3v) is 9.54. The molecular weight excluding hydrogens is 795 g/mol. The molecule has 0 aliphatic heterocycles. The number of rotatable bonds is 8. The van der Waals surface area contributed by atoms with Gasteiger partial charge in [0.15, 0.2) is 0 Å². The molecule has 0 saturated heterocycles. The Balaban J connectivity index is 0.000000258. The maximum absolute atomic E-state index is 7.23. The molecule has 49 heavy (non-hydrogen) atoms. The molecule has 0 unspecified atom stereocenters. The van der Waals surface area contributed by atoms with Crippen LogP contribution in [0.5, 0.6) is 0 Å². The first kappa shape index (κ1) is 32.3. The Morgan fingerprint density at radius 2 is 1.59 bits per heavy atom. The second kappa shape index (κ2) is 16.2. The molecule has 0 amide bonds. The largest absolute Gasteiger partial charge is 0.360 e. The zero-order chi connectivity index (χ0) is 36.3. The topological polar surface area (TPSA) is 30.7 Å². The monoisotopic (exact) mass is 843 g/mol. The van der Waals surface area contributed by atoms with Gasteiger partial charge in [-0.25, -0.2) is 0 Å². The van der Waals surface area contributed by atoms with Gasteiger partial charge in [-0.2, -0.15) is 0 Å². The maximum Gasteiger partial charge on any atom is 0.0770 e. The van der Waals surface area contributed by atoms with Gasteiger partial charge in [-0.15, -0.1) is 47.3 Å². The molecule has 0 saturated carbocycles. The van der Waals surface area contributed by atoms with Gasteiger partial charge in [-0.1, -0.05) is 117 Å². The van der Waals surface area contributed by atoms with E-state index in [2.05, 4.69) is 123 Å². The summed E-state index contributed by atoms with van der Waals surface area (Å²) in [6.07, 6.45) is 2.48. The molecule has 253 valence electrons. The molecular formula is C44H45IrN3S-2. The van der Waals surface area contributed by atoms with Crippen LogP contribution in [-0.4, -0.2) is 14.5 Å². The Morgan fingerprint density at radius 3 is 2.24 bits per heavy atom. The number of para-hydroxylation sites is 2. The minimum Gasteiger partial charge on any atom is -0.360 e. The standard InChI is InChI=1S/C32H35N2S.C12H10N.Ir/c1-20(2)16-23-14-15-31-26(17-23)28(19-35-31)32-33-29-12-7-8-13-30(29)34(32)18-27-24(21(3)4)10-9-11-25(27)22(5)6;1-10-7-8-12(13-9-10)11-5-3-2-4-6-11;/h7-15,17,20-22H,16,18H2,1-6H3;2-5,7-9H,1H3;/q2*-1;/i;1D3;. The number of thiophene rings is 1. The first-order chi connectivity index (χ1) is 24.4. The molecule has 3 aromatic heterocycles. The smallest absolute Gasteiger partial charge is 0.0770 e. The van der Waals surface area contributed by atoms with Gasteiger partial charge in [-0.05, 0) is 71.1 Å². The fourth-order valence-electron chi connectivity index (χ4n) is 6.37. The van der Waals surface area contributed by atoms with E-state index in [1.807, 2.05) is 18.2 Å². The van der Waals surface area contributed by atoms with E-state index in [9.17, 15) is 0 Å². The number of hydrogen-bond acceptors (Lipinski definition) is 3. The van der Waals surface area contributed by atoms with E-state index in [1.54, 1.807) is 29.5 Å². The molecule has 0 aliphatic rings. The van der Waals surface area contributed by atoms with E-state index in [0.29, 0.717) is 17.8 Å². The second-order valence-corrected chi connectivity index (χ2v) is 14.3. The molecule has 3 heterocycles. The molecule has 5 heteroatoms. The molecule has 4 aromatic carbocycles. The summed E-state index contributed by atoms with van der Waals surface area (Å²) in [5.74, 6) is 2.58. The molecule has 0 atom stereocenters. The van der Waals surface area contributed by atoms with E-state index < -0.39 is 6.85 Å². The summed E-state index contributed by atoms with van der Waals surface area (Å²) in [5.41, 5.74) is 10.9. The number of pyridine rings is 1. The Labute approximate surface area is 314 Å². The number of benzene rings is 4. The zero-order valence-electron chi connectivity index (χ0n) is 32.0. The fraction of sp³-hybridized carbons (Fsp3) is 0.273. The number of imidazole rings is 1. The average molecular weight is 843 g/mol. The third kappa shape index (κ3) is 8.29. The molecule has 3 nitrogen and oxygen atoms in total. The molecule has 7 aromatic rings. The summed E-state index contributed by atoms with van der Waals surface area (Å²) in [6, 6.07) is 36.0. The SMILES string of the molecule is CC(C)Cc1ccc2s[c-]c(-c3nc4ccccc4n3Cc3c(C(C)C)cccc3C(C)C)c2c1.[2H]C([2H])([2H])c1ccc(-c2[c-]cccc2)nc1.[Ir]. The van der Waals surface area contributed by atoms with E-state index in [0.717, 1.165) is 41.1 Å². The van der Waals surface area contributed by atoms with Crippen molar-refractivity contribution >= 4 is 32.5 Å². The van der Waals surface area contributed by atoms with Crippen LogP contribution in [0, 0.1) is 24.2 Å². The van der Waals surface area contributed by atoms with Gasteiger partial charge in [0.05, 0.1) is 16.9 Å². The molecule has 0 fully saturated rings. The Morgan fingerprint density at radius 1 is 0.837 bits per heavy atom. The second-order valence-electron chi connectivity index (χ2n) is 13.5. The molecule has 0 spiro atoms. The van der Waals surface area contributed by atoms with Crippen molar-refractivity contribution in [3.05, 3.63) is 143 Å². The van der Waals surface area contributed by atoms with Gasteiger partial charge in [-0.3, -0.25) is 16.3 Å². The molecule has 0 aliphatic carbocycles. The quantitative estimate of drug-likeness (QED) is 0.143. The van der Waals surface area contributed by atoms with Crippen LogP contribution in [-0.2, 0) is 33.1 Å². The minimum atomic E-state index is -2.09. The predicted molar refractivity (Wildman–Crippen MR) is 205 cm³/mol. The van der Waals surface area contributed by atoms with Crippen molar-refractivity contribution in [2.45, 2.75) is 73.2 Å². The summed E-state index contributed by atoms with van der Waals surface area (Å²) in [6.45, 7) is 12.5. The zero-order valence-corrected chi connectivity index (χ0v) is 32.3. The van der Waals surface area contributed by atoms with E-state index in [-0.39, 0.29) is 25.7 Å². The molecule has 0 N–H and O–H groups in total. The molecule has 0 bridgehead atoms. The van der Waals surface area contributed by atoms with Crippen LogP contribution in [0.25, 0.3) is 43.8 Å². The number of fused-ring (bicyclic) bond motifs is 2. The van der Waals surface area contributed by atoms with Crippen molar-refractivity contribution in [1.29, 1.82) is 0 Å².